The van der Waals surface area contributed by atoms with Gasteiger partial charge in [0.25, 0.3) is 0 Å². The molecule has 0 spiro atoms. The summed E-state index contributed by atoms with van der Waals surface area (Å²) in [5, 5.41) is 4.09. The summed E-state index contributed by atoms with van der Waals surface area (Å²) in [6.07, 6.45) is 5.34. The van der Waals surface area contributed by atoms with Crippen molar-refractivity contribution in [2.75, 3.05) is 24.5 Å². The lowest BCUT2D eigenvalue weighted by molar-refractivity contribution is 0.153. The third kappa shape index (κ3) is 2.63. The lowest BCUT2D eigenvalue weighted by atomic mass is 9.98. The van der Waals surface area contributed by atoms with Crippen LogP contribution in [0.4, 0.5) is 5.69 Å². The maximum Gasteiger partial charge on any atom is 0.128 e. The van der Waals surface area contributed by atoms with Crippen molar-refractivity contribution in [3.8, 4) is 0 Å². The van der Waals surface area contributed by atoms with Crippen molar-refractivity contribution >= 4 is 5.69 Å². The van der Waals surface area contributed by atoms with Crippen molar-refractivity contribution in [1.29, 1.82) is 0 Å². The number of fused-ring (bicyclic) bond motifs is 1. The first-order valence-corrected chi connectivity index (χ1v) is 8.27. The first kappa shape index (κ1) is 13.8. The summed E-state index contributed by atoms with van der Waals surface area (Å²) < 4.78 is 5.10. The number of piperidine rings is 1. The molecule has 2 aromatic rings. The van der Waals surface area contributed by atoms with E-state index >= 15 is 0 Å². The second-order valence-corrected chi connectivity index (χ2v) is 6.56. The molecule has 4 heteroatoms. The van der Waals surface area contributed by atoms with E-state index in [2.05, 4.69) is 46.1 Å². The van der Waals surface area contributed by atoms with Crippen LogP contribution in [0.1, 0.15) is 29.7 Å². The van der Waals surface area contributed by atoms with Crippen LogP contribution in [0, 0.1) is 6.92 Å². The lowest BCUT2D eigenvalue weighted by Gasteiger charge is -2.40. The molecule has 22 heavy (non-hydrogen) atoms. The molecule has 2 aliphatic heterocycles. The number of aromatic nitrogens is 1. The maximum atomic E-state index is 5.10. The van der Waals surface area contributed by atoms with Crippen molar-refractivity contribution in [1.82, 2.24) is 10.1 Å². The molecule has 0 aliphatic carbocycles. The molecule has 0 unspecified atom stereocenters. The van der Waals surface area contributed by atoms with Gasteiger partial charge in [-0.1, -0.05) is 17.3 Å². The number of anilines is 1. The minimum absolute atomic E-state index is 0.698. The smallest absolute Gasteiger partial charge is 0.128 e. The van der Waals surface area contributed by atoms with Gasteiger partial charge in [-0.05, 0) is 37.5 Å². The zero-order valence-corrected chi connectivity index (χ0v) is 13.2. The Kier molecular flexibility index (Phi) is 3.62. The van der Waals surface area contributed by atoms with Crippen LogP contribution < -0.4 is 4.90 Å². The molecule has 1 aromatic carbocycles. The number of rotatable bonds is 2. The predicted octanol–water partition coefficient (Wildman–Crippen LogP) is 3.01. The number of nitrogens with zero attached hydrogens (tertiary/aromatic N) is 3. The molecule has 116 valence electrons. The molecule has 0 bridgehead atoms. The van der Waals surface area contributed by atoms with Gasteiger partial charge >= 0.3 is 0 Å². The average molecular weight is 297 g/mol. The fourth-order valence-corrected chi connectivity index (χ4v) is 3.79. The van der Waals surface area contributed by atoms with Gasteiger partial charge in [0.05, 0.1) is 5.69 Å². The molecule has 0 saturated carbocycles. The highest BCUT2D eigenvalue weighted by Gasteiger charge is 2.28. The molecule has 4 rings (SSSR count). The number of hydrogen-bond donors (Lipinski definition) is 0. The monoisotopic (exact) mass is 297 g/mol. The molecular formula is C18H23N3O. The van der Waals surface area contributed by atoms with Crippen LogP contribution in [0.3, 0.4) is 0 Å². The summed E-state index contributed by atoms with van der Waals surface area (Å²) in [4.78, 5) is 5.14. The fraction of sp³-hybridized carbons (Fsp3) is 0.500. The summed E-state index contributed by atoms with van der Waals surface area (Å²) in [6.45, 7) is 6.60. The summed E-state index contributed by atoms with van der Waals surface area (Å²) in [6, 6.07) is 9.56. The average Bonchev–Trinajstić information content (AvgIpc) is 3.02. The highest BCUT2D eigenvalue weighted by molar-refractivity contribution is 5.48. The van der Waals surface area contributed by atoms with Crippen molar-refractivity contribution in [3.63, 3.8) is 0 Å². The highest BCUT2D eigenvalue weighted by Crippen LogP contribution is 2.27. The van der Waals surface area contributed by atoms with Crippen molar-refractivity contribution < 1.29 is 4.52 Å². The Labute approximate surface area is 131 Å². The van der Waals surface area contributed by atoms with Gasteiger partial charge in [0.2, 0.25) is 0 Å². The van der Waals surface area contributed by atoms with E-state index in [4.69, 9.17) is 4.52 Å². The first-order valence-electron chi connectivity index (χ1n) is 8.27. The largest absolute Gasteiger partial charge is 0.371 e. The number of benzene rings is 1. The molecule has 0 N–H and O–H groups in total. The van der Waals surface area contributed by atoms with Crippen LogP contribution >= 0.6 is 0 Å². The molecule has 1 saturated heterocycles. The minimum Gasteiger partial charge on any atom is -0.371 e. The van der Waals surface area contributed by atoms with E-state index in [1.54, 1.807) is 0 Å². The van der Waals surface area contributed by atoms with E-state index in [1.807, 2.05) is 6.26 Å². The van der Waals surface area contributed by atoms with Gasteiger partial charge < -0.3 is 9.42 Å². The molecule has 1 aromatic heterocycles. The van der Waals surface area contributed by atoms with E-state index in [0.717, 1.165) is 38.3 Å². The molecule has 0 amide bonds. The third-order valence-corrected chi connectivity index (χ3v) is 5.09. The highest BCUT2D eigenvalue weighted by atomic mass is 16.5. The molecular weight excluding hydrogens is 274 g/mol. The van der Waals surface area contributed by atoms with Crippen LogP contribution in [0.15, 0.2) is 35.1 Å². The molecule has 3 heterocycles. The van der Waals surface area contributed by atoms with E-state index in [0.29, 0.717) is 6.04 Å². The Bertz CT molecular complexity index is 643. The van der Waals surface area contributed by atoms with Gasteiger partial charge in [-0.3, -0.25) is 4.90 Å². The zero-order chi connectivity index (χ0) is 14.9. The first-order chi connectivity index (χ1) is 10.8. The normalized spacial score (nSPS) is 20.1. The van der Waals surface area contributed by atoms with Gasteiger partial charge in [0.15, 0.2) is 0 Å². The van der Waals surface area contributed by atoms with Crippen LogP contribution in [0.25, 0.3) is 0 Å². The van der Waals surface area contributed by atoms with Crippen molar-refractivity contribution in [3.05, 3.63) is 47.3 Å². The van der Waals surface area contributed by atoms with Gasteiger partial charge in [0, 0.05) is 49.9 Å². The number of aryl methyl sites for hydroxylation is 1. The summed E-state index contributed by atoms with van der Waals surface area (Å²) in [5.74, 6) is 0. The van der Waals surface area contributed by atoms with Gasteiger partial charge in [-0.15, -0.1) is 0 Å². The van der Waals surface area contributed by atoms with Crippen LogP contribution in [-0.2, 0) is 13.0 Å². The van der Waals surface area contributed by atoms with E-state index in [1.165, 1.54) is 29.7 Å². The van der Waals surface area contributed by atoms with Gasteiger partial charge in [-0.25, -0.2) is 0 Å². The third-order valence-electron chi connectivity index (χ3n) is 5.09. The molecule has 1 fully saturated rings. The van der Waals surface area contributed by atoms with Crippen LogP contribution in [0.2, 0.25) is 0 Å². The van der Waals surface area contributed by atoms with Crippen molar-refractivity contribution in [2.24, 2.45) is 0 Å². The minimum atomic E-state index is 0.698. The number of hydrogen-bond acceptors (Lipinski definition) is 4. The predicted molar refractivity (Wildman–Crippen MR) is 87.0 cm³/mol. The lowest BCUT2D eigenvalue weighted by Crippen LogP contribution is -2.46. The molecule has 4 nitrogen and oxygen atoms in total. The maximum absolute atomic E-state index is 5.10. The SMILES string of the molecule is Cc1cccc(N2CCC(N3CCc4nocc4C3)CC2)c1. The quantitative estimate of drug-likeness (QED) is 0.853. The summed E-state index contributed by atoms with van der Waals surface area (Å²) in [7, 11) is 0. The molecule has 2 aliphatic rings. The fourth-order valence-electron chi connectivity index (χ4n) is 3.79. The molecule has 0 radical (unpaired) electrons. The van der Waals surface area contributed by atoms with Gasteiger partial charge in [-0.2, -0.15) is 0 Å². The standard InChI is InChI=1S/C18H23N3O/c1-14-3-2-4-17(11-14)20-8-5-16(6-9-20)21-10-7-18-15(12-21)13-22-19-18/h2-4,11,13,16H,5-10,12H2,1H3. The van der Waals surface area contributed by atoms with Crippen LogP contribution in [0.5, 0.6) is 0 Å². The van der Waals surface area contributed by atoms with E-state index in [-0.39, 0.29) is 0 Å². The Morgan fingerprint density at radius 2 is 2.05 bits per heavy atom. The Morgan fingerprint density at radius 1 is 1.18 bits per heavy atom. The zero-order valence-electron chi connectivity index (χ0n) is 13.2. The second-order valence-electron chi connectivity index (χ2n) is 6.56. The second kappa shape index (κ2) is 5.76. The van der Waals surface area contributed by atoms with Crippen molar-refractivity contribution in [2.45, 2.75) is 38.8 Å². The van der Waals surface area contributed by atoms with E-state index in [9.17, 15) is 0 Å². The van der Waals surface area contributed by atoms with E-state index < -0.39 is 0 Å². The molecule has 0 atom stereocenters. The summed E-state index contributed by atoms with van der Waals surface area (Å²) in [5.41, 5.74) is 5.16. The Hall–Kier alpha value is -1.81. The topological polar surface area (TPSA) is 32.5 Å². The summed E-state index contributed by atoms with van der Waals surface area (Å²) >= 11 is 0. The Morgan fingerprint density at radius 3 is 2.86 bits per heavy atom. The van der Waals surface area contributed by atoms with Crippen LogP contribution in [-0.4, -0.2) is 35.7 Å². The van der Waals surface area contributed by atoms with Gasteiger partial charge in [0.1, 0.15) is 6.26 Å². The Balaban J connectivity index is 1.38.